The molecular weight excluding hydrogens is 356 g/mol. The third-order valence-electron chi connectivity index (χ3n) is 5.08. The second kappa shape index (κ2) is 7.20. The number of aryl methyl sites for hydroxylation is 1. The Bertz CT molecular complexity index is 967. The molecule has 0 saturated heterocycles. The van der Waals surface area contributed by atoms with E-state index in [1.807, 2.05) is 30.5 Å². The largest absolute Gasteiger partial charge is 0.384 e. The first-order chi connectivity index (χ1) is 13.4. The average molecular weight is 380 g/mol. The van der Waals surface area contributed by atoms with Gasteiger partial charge in [0.2, 0.25) is 0 Å². The summed E-state index contributed by atoms with van der Waals surface area (Å²) in [4.78, 5) is 12.6. The van der Waals surface area contributed by atoms with Crippen molar-refractivity contribution >= 4 is 5.91 Å². The second-order valence-electron chi connectivity index (χ2n) is 7.84. The zero-order valence-corrected chi connectivity index (χ0v) is 16.0. The molecule has 3 aromatic rings. The minimum Gasteiger partial charge on any atom is -0.384 e. The van der Waals surface area contributed by atoms with Gasteiger partial charge in [-0.2, -0.15) is 5.10 Å². The molecule has 3 N–H and O–H groups in total. The molecule has 0 aliphatic heterocycles. The lowest BCUT2D eigenvalue weighted by atomic mass is 9.93. The molecule has 2 heterocycles. The van der Waals surface area contributed by atoms with E-state index in [1.54, 1.807) is 24.7 Å². The van der Waals surface area contributed by atoms with Crippen LogP contribution >= 0.6 is 0 Å². The van der Waals surface area contributed by atoms with Gasteiger partial charge in [0.1, 0.15) is 11.3 Å². The summed E-state index contributed by atoms with van der Waals surface area (Å²) in [5.74, 6) is -0.0652. The van der Waals surface area contributed by atoms with Crippen LogP contribution < -0.4 is 5.32 Å². The number of hydrogen-bond donors (Lipinski definition) is 3. The van der Waals surface area contributed by atoms with Crippen molar-refractivity contribution in [2.24, 2.45) is 0 Å². The molecule has 1 aromatic carbocycles. The van der Waals surface area contributed by atoms with Crippen LogP contribution in [0.4, 0.5) is 0 Å². The number of benzene rings is 1. The molecule has 2 aromatic heterocycles. The Labute approximate surface area is 163 Å². The highest BCUT2D eigenvalue weighted by molar-refractivity contribution is 5.94. The van der Waals surface area contributed by atoms with Gasteiger partial charge in [-0.1, -0.05) is 17.3 Å². The van der Waals surface area contributed by atoms with Gasteiger partial charge in [0.15, 0.2) is 0 Å². The Hall–Kier alpha value is -3.00. The molecule has 1 aliphatic rings. The molecule has 1 unspecified atom stereocenters. The summed E-state index contributed by atoms with van der Waals surface area (Å²) in [6, 6.07) is 7.59. The van der Waals surface area contributed by atoms with Gasteiger partial charge in [0.25, 0.3) is 5.91 Å². The maximum Gasteiger partial charge on any atom is 0.251 e. The molecule has 4 rings (SSSR count). The van der Waals surface area contributed by atoms with Crippen LogP contribution in [0.1, 0.15) is 53.1 Å². The summed E-state index contributed by atoms with van der Waals surface area (Å²) < 4.78 is 1.67. The van der Waals surface area contributed by atoms with E-state index in [9.17, 15) is 9.90 Å². The monoisotopic (exact) mass is 380 g/mol. The second-order valence-corrected chi connectivity index (χ2v) is 7.84. The van der Waals surface area contributed by atoms with Gasteiger partial charge in [-0.25, -0.2) is 4.68 Å². The van der Waals surface area contributed by atoms with Crippen LogP contribution in [-0.2, 0) is 25.0 Å². The minimum absolute atomic E-state index is 0.0652. The number of aliphatic hydroxyl groups is 1. The summed E-state index contributed by atoms with van der Waals surface area (Å²) in [6.45, 7) is 3.87. The van der Waals surface area contributed by atoms with Crippen LogP contribution in [0.2, 0.25) is 0 Å². The molecule has 1 atom stereocenters. The lowest BCUT2D eigenvalue weighted by molar-refractivity contribution is 0.0737. The standard InChI is InChI=1S/C20H24N6O2/c1-20(2,28)18-12-26(25-24-18)11-13-3-5-14(6-4-13)19(27)22-16-8-7-15-10-21-23-17(15)9-16/h3-6,10,12,16,28H,7-9,11H2,1-2H3,(H,21,23)(H,22,27). The van der Waals surface area contributed by atoms with Crippen LogP contribution in [0.5, 0.6) is 0 Å². The summed E-state index contributed by atoms with van der Waals surface area (Å²) in [7, 11) is 0. The number of H-pyrrole nitrogens is 1. The van der Waals surface area contributed by atoms with Gasteiger partial charge in [-0.15, -0.1) is 5.10 Å². The number of fused-ring (bicyclic) bond motifs is 1. The van der Waals surface area contributed by atoms with Crippen LogP contribution in [0.15, 0.2) is 36.7 Å². The van der Waals surface area contributed by atoms with Gasteiger partial charge < -0.3 is 10.4 Å². The first kappa shape index (κ1) is 18.4. The quantitative estimate of drug-likeness (QED) is 0.622. The number of rotatable bonds is 5. The average Bonchev–Trinajstić information content (AvgIpc) is 3.31. The molecule has 146 valence electrons. The Morgan fingerprint density at radius 2 is 2.14 bits per heavy atom. The summed E-state index contributed by atoms with van der Waals surface area (Å²) >= 11 is 0. The fourth-order valence-electron chi connectivity index (χ4n) is 3.40. The SMILES string of the molecule is CC(C)(O)c1cn(Cc2ccc(C(=O)NC3CCc4cn[nH]c4C3)cc2)nn1. The highest BCUT2D eigenvalue weighted by Crippen LogP contribution is 2.19. The molecule has 0 radical (unpaired) electrons. The normalized spacial score (nSPS) is 16.6. The summed E-state index contributed by atoms with van der Waals surface area (Å²) in [6.07, 6.45) is 6.24. The predicted molar refractivity (Wildman–Crippen MR) is 103 cm³/mol. The van der Waals surface area contributed by atoms with Gasteiger partial charge in [-0.05, 0) is 49.9 Å². The molecule has 8 heteroatoms. The number of carbonyl (C=O) groups is 1. The predicted octanol–water partition coefficient (Wildman–Crippen LogP) is 1.56. The molecule has 0 fully saturated rings. The number of aromatic amines is 1. The van der Waals surface area contributed by atoms with Crippen molar-refractivity contribution in [3.8, 4) is 0 Å². The number of nitrogens with one attached hydrogen (secondary N) is 2. The van der Waals surface area contributed by atoms with E-state index in [2.05, 4.69) is 25.8 Å². The molecule has 8 nitrogen and oxygen atoms in total. The van der Waals surface area contributed by atoms with Crippen molar-refractivity contribution in [2.75, 3.05) is 0 Å². The maximum absolute atomic E-state index is 12.6. The summed E-state index contributed by atoms with van der Waals surface area (Å²) in [5.41, 5.74) is 3.51. The van der Waals surface area contributed by atoms with E-state index in [4.69, 9.17) is 0 Å². The lowest BCUT2D eigenvalue weighted by Crippen LogP contribution is -2.38. The minimum atomic E-state index is -1.02. The van der Waals surface area contributed by atoms with Gasteiger partial charge in [-0.3, -0.25) is 9.89 Å². The van der Waals surface area contributed by atoms with E-state index < -0.39 is 5.60 Å². The van der Waals surface area contributed by atoms with Crippen molar-refractivity contribution in [3.05, 3.63) is 64.7 Å². The maximum atomic E-state index is 12.6. The zero-order chi connectivity index (χ0) is 19.7. The van der Waals surface area contributed by atoms with Crippen LogP contribution in [0.25, 0.3) is 0 Å². The third kappa shape index (κ3) is 3.96. The van der Waals surface area contributed by atoms with Crippen molar-refractivity contribution in [1.29, 1.82) is 0 Å². The molecule has 1 aliphatic carbocycles. The fraction of sp³-hybridized carbons (Fsp3) is 0.400. The number of amides is 1. The van der Waals surface area contributed by atoms with Crippen LogP contribution in [0.3, 0.4) is 0 Å². The smallest absolute Gasteiger partial charge is 0.251 e. The van der Waals surface area contributed by atoms with Crippen LogP contribution in [0, 0.1) is 0 Å². The molecule has 0 saturated carbocycles. The highest BCUT2D eigenvalue weighted by atomic mass is 16.3. The highest BCUT2D eigenvalue weighted by Gasteiger charge is 2.22. The summed E-state index contributed by atoms with van der Waals surface area (Å²) in [5, 5.41) is 28.2. The van der Waals surface area contributed by atoms with E-state index in [0.717, 1.165) is 30.5 Å². The number of nitrogens with zero attached hydrogens (tertiary/aromatic N) is 4. The first-order valence-corrected chi connectivity index (χ1v) is 9.42. The lowest BCUT2D eigenvalue weighted by Gasteiger charge is -2.22. The Kier molecular flexibility index (Phi) is 4.72. The third-order valence-corrected chi connectivity index (χ3v) is 5.08. The van der Waals surface area contributed by atoms with Gasteiger partial charge in [0.05, 0.1) is 18.9 Å². The van der Waals surface area contributed by atoms with Crippen molar-refractivity contribution in [3.63, 3.8) is 0 Å². The molecule has 1 amide bonds. The fourth-order valence-corrected chi connectivity index (χ4v) is 3.40. The zero-order valence-electron chi connectivity index (χ0n) is 16.0. The van der Waals surface area contributed by atoms with E-state index >= 15 is 0 Å². The van der Waals surface area contributed by atoms with Crippen molar-refractivity contribution in [2.45, 2.75) is 51.3 Å². The molecule has 0 spiro atoms. The number of hydrogen-bond acceptors (Lipinski definition) is 5. The topological polar surface area (TPSA) is 109 Å². The van der Waals surface area contributed by atoms with Crippen molar-refractivity contribution in [1.82, 2.24) is 30.5 Å². The molecular formula is C20H24N6O2. The van der Waals surface area contributed by atoms with E-state index in [0.29, 0.717) is 17.8 Å². The van der Waals surface area contributed by atoms with E-state index in [-0.39, 0.29) is 11.9 Å². The van der Waals surface area contributed by atoms with Crippen LogP contribution in [-0.4, -0.2) is 42.2 Å². The molecule has 28 heavy (non-hydrogen) atoms. The Morgan fingerprint density at radius 1 is 1.36 bits per heavy atom. The first-order valence-electron chi connectivity index (χ1n) is 9.42. The molecule has 0 bridgehead atoms. The number of aromatic nitrogens is 5. The van der Waals surface area contributed by atoms with E-state index in [1.165, 1.54) is 5.56 Å². The Morgan fingerprint density at radius 3 is 2.86 bits per heavy atom. The van der Waals surface area contributed by atoms with Gasteiger partial charge in [0, 0.05) is 23.7 Å². The number of carbonyl (C=O) groups excluding carboxylic acids is 1. The Balaban J connectivity index is 1.36. The van der Waals surface area contributed by atoms with Gasteiger partial charge >= 0.3 is 0 Å². The van der Waals surface area contributed by atoms with Crippen molar-refractivity contribution < 1.29 is 9.90 Å².